The number of hydrogen-bond acceptors (Lipinski definition) is 3. The minimum absolute atomic E-state index is 0.0515. The smallest absolute Gasteiger partial charge is 0.140 e. The van der Waals surface area contributed by atoms with Gasteiger partial charge in [-0.3, -0.25) is 4.79 Å². The van der Waals surface area contributed by atoms with Gasteiger partial charge in [0.1, 0.15) is 11.5 Å². The second kappa shape index (κ2) is 6.14. The molecule has 3 aliphatic rings. The van der Waals surface area contributed by atoms with Crippen LogP contribution in [-0.4, -0.2) is 18.9 Å². The third-order valence-corrected chi connectivity index (χ3v) is 5.53. The molecule has 0 spiro atoms. The minimum Gasteiger partial charge on any atom is -0.497 e. The third-order valence-electron chi connectivity index (χ3n) is 5.30. The van der Waals surface area contributed by atoms with Gasteiger partial charge in [-0.25, -0.2) is 0 Å². The Hall–Kier alpha value is -2.00. The summed E-state index contributed by atoms with van der Waals surface area (Å²) in [5.74, 6) is 1.29. The summed E-state index contributed by atoms with van der Waals surface area (Å²) in [7, 11) is 1.67. The summed E-state index contributed by atoms with van der Waals surface area (Å²) in [6.07, 6.45) is 2.68. The lowest BCUT2D eigenvalue weighted by Crippen LogP contribution is -2.54. The van der Waals surface area contributed by atoms with Crippen molar-refractivity contribution in [2.75, 3.05) is 12.0 Å². The molecule has 0 amide bonds. The molecule has 2 aliphatic heterocycles. The van der Waals surface area contributed by atoms with Gasteiger partial charge in [-0.15, -0.1) is 0 Å². The normalized spacial score (nSPS) is 25.8. The molecule has 2 aromatic carbocycles. The van der Waals surface area contributed by atoms with Crippen LogP contribution in [0.1, 0.15) is 30.9 Å². The van der Waals surface area contributed by atoms with Gasteiger partial charge >= 0.3 is 0 Å². The van der Waals surface area contributed by atoms with Gasteiger partial charge in [0.05, 0.1) is 13.2 Å². The lowest BCUT2D eigenvalue weighted by Gasteiger charge is -2.52. The van der Waals surface area contributed by atoms with Gasteiger partial charge in [-0.05, 0) is 54.8 Å². The number of carbonyl (C=O) groups excluding carboxylic acids is 1. The fourth-order valence-electron chi connectivity index (χ4n) is 4.22. The van der Waals surface area contributed by atoms with E-state index in [9.17, 15) is 4.79 Å². The molecule has 0 radical (unpaired) electrons. The van der Waals surface area contributed by atoms with Crippen molar-refractivity contribution in [1.82, 2.24) is 0 Å². The molecular formula is C20H20ClNO2. The number of benzene rings is 2. The first-order valence-corrected chi connectivity index (χ1v) is 8.76. The third kappa shape index (κ3) is 2.57. The van der Waals surface area contributed by atoms with Crippen LogP contribution in [-0.2, 0) is 4.79 Å². The quantitative estimate of drug-likeness (QED) is 0.814. The van der Waals surface area contributed by atoms with E-state index in [1.807, 2.05) is 30.3 Å². The number of carbonyl (C=O) groups is 1. The highest BCUT2D eigenvalue weighted by Crippen LogP contribution is 2.48. The van der Waals surface area contributed by atoms with Crippen molar-refractivity contribution >= 4 is 23.1 Å². The van der Waals surface area contributed by atoms with Gasteiger partial charge in [-0.2, -0.15) is 0 Å². The first-order chi connectivity index (χ1) is 11.7. The lowest BCUT2D eigenvalue weighted by molar-refractivity contribution is -0.128. The van der Waals surface area contributed by atoms with E-state index in [-0.39, 0.29) is 18.0 Å². The maximum absolute atomic E-state index is 12.5. The van der Waals surface area contributed by atoms with Crippen molar-refractivity contribution in [1.29, 1.82) is 0 Å². The fraction of sp³-hybridized carbons (Fsp3) is 0.350. The van der Waals surface area contributed by atoms with Crippen molar-refractivity contribution in [2.24, 2.45) is 5.92 Å². The van der Waals surface area contributed by atoms with Crippen LogP contribution in [0.2, 0.25) is 5.02 Å². The topological polar surface area (TPSA) is 29.5 Å². The highest BCUT2D eigenvalue weighted by Gasteiger charge is 2.47. The number of ether oxygens (including phenoxy) is 1. The summed E-state index contributed by atoms with van der Waals surface area (Å²) in [4.78, 5) is 14.9. The van der Waals surface area contributed by atoms with E-state index in [1.54, 1.807) is 7.11 Å². The minimum atomic E-state index is 0.0515. The number of fused-ring (bicyclic) bond motifs is 3. The molecule has 0 N–H and O–H groups in total. The Labute approximate surface area is 147 Å². The van der Waals surface area contributed by atoms with E-state index in [2.05, 4.69) is 23.1 Å². The molecular weight excluding hydrogens is 322 g/mol. The van der Waals surface area contributed by atoms with Crippen molar-refractivity contribution in [3.63, 3.8) is 0 Å². The molecule has 24 heavy (non-hydrogen) atoms. The number of rotatable bonds is 3. The van der Waals surface area contributed by atoms with Crippen molar-refractivity contribution < 1.29 is 9.53 Å². The molecule has 4 heteroatoms. The number of hydrogen-bond donors (Lipinski definition) is 0. The zero-order chi connectivity index (χ0) is 16.7. The van der Waals surface area contributed by atoms with E-state index < -0.39 is 0 Å². The summed E-state index contributed by atoms with van der Waals surface area (Å²) in [6, 6.07) is 16.4. The second-order valence-corrected chi connectivity index (χ2v) is 7.05. The molecule has 3 nitrogen and oxygen atoms in total. The van der Waals surface area contributed by atoms with Gasteiger partial charge in [0.2, 0.25) is 0 Å². The highest BCUT2D eigenvalue weighted by atomic mass is 35.5. The van der Waals surface area contributed by atoms with Crippen molar-refractivity contribution in [3.05, 3.63) is 59.1 Å². The van der Waals surface area contributed by atoms with E-state index in [4.69, 9.17) is 16.3 Å². The first kappa shape index (κ1) is 15.5. The van der Waals surface area contributed by atoms with Crippen LogP contribution in [0.5, 0.6) is 5.75 Å². The van der Waals surface area contributed by atoms with E-state index >= 15 is 0 Å². The predicted molar refractivity (Wildman–Crippen MR) is 95.8 cm³/mol. The molecule has 1 aliphatic carbocycles. The Morgan fingerprint density at radius 1 is 1.12 bits per heavy atom. The SMILES string of the molecule is COc1ccc(N2[C@H]3CC[C@H](C(=O)C3)[C@H]2c2cccc(Cl)c2)cc1. The van der Waals surface area contributed by atoms with Gasteiger partial charge in [0.25, 0.3) is 0 Å². The number of ketones is 1. The molecule has 3 atom stereocenters. The van der Waals surface area contributed by atoms with Crippen LogP contribution < -0.4 is 9.64 Å². The van der Waals surface area contributed by atoms with E-state index in [0.29, 0.717) is 12.2 Å². The average molecular weight is 342 g/mol. The number of Topliss-reactive ketones (excluding diaryl/α,β-unsaturated/α-hetero) is 1. The van der Waals surface area contributed by atoms with Crippen molar-refractivity contribution in [2.45, 2.75) is 31.3 Å². The summed E-state index contributed by atoms with van der Waals surface area (Å²) in [6.45, 7) is 0. The van der Waals surface area contributed by atoms with Gasteiger partial charge in [0.15, 0.2) is 0 Å². The maximum Gasteiger partial charge on any atom is 0.140 e. The molecule has 124 valence electrons. The largest absolute Gasteiger partial charge is 0.497 e. The Kier molecular flexibility index (Phi) is 3.97. The molecule has 2 aromatic rings. The Morgan fingerprint density at radius 3 is 2.58 bits per heavy atom. The number of methoxy groups -OCH3 is 1. The Morgan fingerprint density at radius 2 is 1.92 bits per heavy atom. The zero-order valence-electron chi connectivity index (χ0n) is 13.6. The van der Waals surface area contributed by atoms with Crippen LogP contribution in [0.15, 0.2) is 48.5 Å². The summed E-state index contributed by atoms with van der Waals surface area (Å²) in [5.41, 5.74) is 2.27. The molecule has 0 aromatic heterocycles. The first-order valence-electron chi connectivity index (χ1n) is 8.38. The molecule has 2 saturated heterocycles. The van der Waals surface area contributed by atoms with Crippen LogP contribution in [0.3, 0.4) is 0 Å². The van der Waals surface area contributed by atoms with Gasteiger partial charge in [-0.1, -0.05) is 23.7 Å². The molecule has 0 unspecified atom stereocenters. The van der Waals surface area contributed by atoms with Gasteiger partial charge < -0.3 is 9.64 Å². The van der Waals surface area contributed by atoms with E-state index in [0.717, 1.165) is 34.9 Å². The second-order valence-electron chi connectivity index (χ2n) is 6.61. The monoisotopic (exact) mass is 341 g/mol. The van der Waals surface area contributed by atoms with Crippen LogP contribution in [0.4, 0.5) is 5.69 Å². The average Bonchev–Trinajstić information content (AvgIpc) is 2.61. The molecule has 1 saturated carbocycles. The molecule has 5 rings (SSSR count). The predicted octanol–water partition coefficient (Wildman–Crippen LogP) is 4.65. The fourth-order valence-corrected chi connectivity index (χ4v) is 4.42. The Balaban J connectivity index is 1.78. The molecule has 2 bridgehead atoms. The van der Waals surface area contributed by atoms with Crippen molar-refractivity contribution in [3.8, 4) is 5.75 Å². The van der Waals surface area contributed by atoms with Crippen LogP contribution in [0.25, 0.3) is 0 Å². The van der Waals surface area contributed by atoms with Gasteiger partial charge in [0, 0.05) is 29.1 Å². The summed E-state index contributed by atoms with van der Waals surface area (Å²) < 4.78 is 5.27. The molecule has 2 heterocycles. The lowest BCUT2D eigenvalue weighted by atomic mass is 9.71. The zero-order valence-corrected chi connectivity index (χ0v) is 14.4. The standard InChI is InChI=1S/C20H20ClNO2/c1-24-17-8-5-15(6-9-17)22-16-7-10-18(19(23)12-16)20(22)13-3-2-4-14(21)11-13/h2-6,8-9,11,16,18,20H,7,10,12H2,1H3/t16-,18+,20+/m0/s1. The molecule has 3 fully saturated rings. The Bertz CT molecular complexity index is 758. The highest BCUT2D eigenvalue weighted by molar-refractivity contribution is 6.30. The summed E-state index contributed by atoms with van der Waals surface area (Å²) in [5, 5.41) is 0.719. The number of piperidine rings is 2. The number of nitrogens with zero attached hydrogens (tertiary/aromatic N) is 1. The van der Waals surface area contributed by atoms with Crippen LogP contribution >= 0.6 is 11.6 Å². The summed E-state index contributed by atoms with van der Waals surface area (Å²) >= 11 is 6.22. The number of anilines is 1. The maximum atomic E-state index is 12.5. The van der Waals surface area contributed by atoms with E-state index in [1.165, 1.54) is 0 Å². The number of halogens is 1. The van der Waals surface area contributed by atoms with Crippen LogP contribution in [0, 0.1) is 5.92 Å².